The van der Waals surface area contributed by atoms with Crippen LogP contribution in [0.2, 0.25) is 0 Å². The van der Waals surface area contributed by atoms with Crippen LogP contribution in [-0.4, -0.2) is 8.07 Å². The van der Waals surface area contributed by atoms with Crippen molar-refractivity contribution in [1.29, 1.82) is 0 Å². The molecular formula is C57H47NSi. The molecule has 0 radical (unpaired) electrons. The summed E-state index contributed by atoms with van der Waals surface area (Å²) >= 11 is 0. The zero-order chi connectivity index (χ0) is 39.9. The van der Waals surface area contributed by atoms with Crippen molar-refractivity contribution in [1.82, 2.24) is 0 Å². The highest BCUT2D eigenvalue weighted by Gasteiger charge is 2.56. The summed E-state index contributed by atoms with van der Waals surface area (Å²) in [5, 5.41) is 5.95. The minimum absolute atomic E-state index is 0.137. The SMILES string of the molecule is C=C1C=C(N(c2ccccc2)c2cccc(-c3ccccc3)c2-c2cccc3c2[Si]2(c4ccccc4-c4ccccc42)c2ccccc2-3)C(C)[C@]2(C=CC=CC2)C1(C)C. The van der Waals surface area contributed by atoms with Crippen molar-refractivity contribution in [2.75, 3.05) is 4.90 Å². The van der Waals surface area contributed by atoms with Crippen LogP contribution in [0.15, 0.2) is 218 Å². The fourth-order valence-electron chi connectivity index (χ4n) is 11.5. The highest BCUT2D eigenvalue weighted by atomic mass is 28.3. The van der Waals surface area contributed by atoms with E-state index in [0.717, 1.165) is 17.7 Å². The van der Waals surface area contributed by atoms with Crippen molar-refractivity contribution in [2.45, 2.75) is 27.2 Å². The fraction of sp³-hybridized carbons (Fsp3) is 0.123. The quantitative estimate of drug-likeness (QED) is 0.157. The summed E-state index contributed by atoms with van der Waals surface area (Å²) < 4.78 is 0. The molecular weight excluding hydrogens is 727 g/mol. The second-order valence-corrected chi connectivity index (χ2v) is 20.9. The van der Waals surface area contributed by atoms with E-state index in [9.17, 15) is 0 Å². The van der Waals surface area contributed by atoms with Crippen LogP contribution >= 0.6 is 0 Å². The van der Waals surface area contributed by atoms with E-state index < -0.39 is 8.07 Å². The summed E-state index contributed by atoms with van der Waals surface area (Å²) in [7, 11) is -2.82. The Kier molecular flexibility index (Phi) is 8.02. The van der Waals surface area contributed by atoms with Gasteiger partial charge in [0.05, 0.1) is 5.69 Å². The van der Waals surface area contributed by atoms with Crippen molar-refractivity contribution in [3.63, 3.8) is 0 Å². The highest BCUT2D eigenvalue weighted by molar-refractivity contribution is 7.24. The molecule has 0 saturated carbocycles. The minimum atomic E-state index is -2.82. The van der Waals surface area contributed by atoms with E-state index in [1.807, 2.05) is 0 Å². The maximum absolute atomic E-state index is 4.82. The summed E-state index contributed by atoms with van der Waals surface area (Å²) in [5.74, 6) is 0.178. The van der Waals surface area contributed by atoms with Gasteiger partial charge in [-0.3, -0.25) is 0 Å². The Morgan fingerprint density at radius 3 is 1.71 bits per heavy atom. The van der Waals surface area contributed by atoms with Crippen LogP contribution in [-0.2, 0) is 0 Å². The normalized spacial score (nSPS) is 19.9. The van der Waals surface area contributed by atoms with Crippen molar-refractivity contribution < 1.29 is 0 Å². The third-order valence-electron chi connectivity index (χ3n) is 14.5. The Hall–Kier alpha value is -6.48. The molecule has 2 aliphatic heterocycles. The smallest absolute Gasteiger partial charge is 0.182 e. The number of anilines is 2. The molecule has 2 heteroatoms. The van der Waals surface area contributed by atoms with Crippen molar-refractivity contribution in [3.8, 4) is 44.5 Å². The Morgan fingerprint density at radius 1 is 0.559 bits per heavy atom. The van der Waals surface area contributed by atoms with E-state index >= 15 is 0 Å². The molecule has 2 atom stereocenters. The molecule has 7 aromatic rings. The molecule has 2 aliphatic carbocycles. The van der Waals surface area contributed by atoms with E-state index in [4.69, 9.17) is 6.58 Å². The topological polar surface area (TPSA) is 3.24 Å². The number of hydrogen-bond acceptors (Lipinski definition) is 1. The molecule has 7 aromatic carbocycles. The van der Waals surface area contributed by atoms with E-state index in [1.54, 1.807) is 0 Å². The molecule has 2 heterocycles. The zero-order valence-electron chi connectivity index (χ0n) is 34.0. The average molecular weight is 774 g/mol. The number of para-hydroxylation sites is 1. The number of nitrogens with zero attached hydrogens (tertiary/aromatic N) is 1. The third kappa shape index (κ3) is 4.84. The van der Waals surface area contributed by atoms with Gasteiger partial charge in [-0.1, -0.05) is 203 Å². The van der Waals surface area contributed by atoms with Crippen molar-refractivity contribution in [2.24, 2.45) is 16.7 Å². The largest absolute Gasteiger partial charge is 0.313 e. The summed E-state index contributed by atoms with van der Waals surface area (Å²) in [6, 6.07) is 64.1. The molecule has 1 nitrogen and oxygen atoms in total. The maximum Gasteiger partial charge on any atom is 0.182 e. The summed E-state index contributed by atoms with van der Waals surface area (Å²) in [4.78, 5) is 2.59. The zero-order valence-corrected chi connectivity index (χ0v) is 35.0. The molecule has 284 valence electrons. The number of rotatable bonds is 5. The summed E-state index contributed by atoms with van der Waals surface area (Å²) in [6.45, 7) is 12.1. The monoisotopic (exact) mass is 773 g/mol. The Labute approximate surface area is 350 Å². The number of allylic oxidation sites excluding steroid dienone is 7. The van der Waals surface area contributed by atoms with Crippen LogP contribution in [0.4, 0.5) is 11.4 Å². The molecule has 59 heavy (non-hydrogen) atoms. The Balaban J connectivity index is 1.27. The molecule has 0 N–H and O–H groups in total. The molecule has 0 bridgehead atoms. The van der Waals surface area contributed by atoms with Gasteiger partial charge in [0.2, 0.25) is 0 Å². The van der Waals surface area contributed by atoms with Gasteiger partial charge in [0.25, 0.3) is 0 Å². The van der Waals surface area contributed by atoms with Gasteiger partial charge in [-0.2, -0.15) is 0 Å². The summed E-state index contributed by atoms with van der Waals surface area (Å²) in [6.07, 6.45) is 12.7. The lowest BCUT2D eigenvalue weighted by Crippen LogP contribution is -2.71. The van der Waals surface area contributed by atoms with E-state index in [-0.39, 0.29) is 16.7 Å². The van der Waals surface area contributed by atoms with Crippen LogP contribution < -0.4 is 25.6 Å². The predicted octanol–water partition coefficient (Wildman–Crippen LogP) is 12.1. The lowest BCUT2D eigenvalue weighted by Gasteiger charge is -2.55. The van der Waals surface area contributed by atoms with E-state index in [1.165, 1.54) is 76.6 Å². The van der Waals surface area contributed by atoms with Crippen molar-refractivity contribution >= 4 is 40.2 Å². The van der Waals surface area contributed by atoms with Gasteiger partial charge in [-0.15, -0.1) is 0 Å². The molecule has 4 aliphatic rings. The standard InChI is InChI=1S/C57H47NSi/c1-39-38-50(40(2)57(56(39,3)4)36-18-7-19-37-57)58(42-24-10-6-11-25-42)49-32-21-29-43(41-22-8-5-9-23-41)54(49)48-31-20-30-47-46-28-14-17-35-53(46)59(55(47)48)51-33-15-12-26-44(51)45-27-13-16-34-52(45)59/h5-36,38,40H,1,37H2,2-4H3/t40?,57-/m1/s1. The van der Waals surface area contributed by atoms with Gasteiger partial charge in [-0.25, -0.2) is 0 Å². The van der Waals surface area contributed by atoms with Gasteiger partial charge < -0.3 is 4.90 Å². The Bertz CT molecular complexity index is 2870. The molecule has 1 unspecified atom stereocenters. The lowest BCUT2D eigenvalue weighted by atomic mass is 9.51. The van der Waals surface area contributed by atoms with Crippen LogP contribution in [0.5, 0.6) is 0 Å². The maximum atomic E-state index is 4.82. The van der Waals surface area contributed by atoms with Gasteiger partial charge in [0.1, 0.15) is 0 Å². The van der Waals surface area contributed by atoms with Crippen LogP contribution in [0.1, 0.15) is 27.2 Å². The van der Waals surface area contributed by atoms with Gasteiger partial charge in [0.15, 0.2) is 8.07 Å². The van der Waals surface area contributed by atoms with Gasteiger partial charge in [-0.05, 0) is 101 Å². The third-order valence-corrected chi connectivity index (χ3v) is 19.5. The second kappa shape index (κ2) is 13.3. The first-order valence-electron chi connectivity index (χ1n) is 21.1. The predicted molar refractivity (Wildman–Crippen MR) is 253 cm³/mol. The molecule has 0 aromatic heterocycles. The molecule has 0 saturated heterocycles. The first kappa shape index (κ1) is 35.7. The van der Waals surface area contributed by atoms with Crippen LogP contribution in [0, 0.1) is 16.7 Å². The fourth-order valence-corrected chi connectivity index (χ4v) is 17.3. The van der Waals surface area contributed by atoms with E-state index in [0.29, 0.717) is 0 Å². The van der Waals surface area contributed by atoms with Gasteiger partial charge in [0, 0.05) is 28.3 Å². The molecule has 0 fully saturated rings. The molecule has 0 amide bonds. The average Bonchev–Trinajstić information content (AvgIpc) is 3.76. The molecule has 11 rings (SSSR count). The first-order chi connectivity index (χ1) is 28.9. The first-order valence-corrected chi connectivity index (χ1v) is 23.1. The second-order valence-electron chi connectivity index (χ2n) is 17.3. The molecule has 2 spiro atoms. The minimum Gasteiger partial charge on any atom is -0.313 e. The van der Waals surface area contributed by atoms with Crippen LogP contribution in [0.3, 0.4) is 0 Å². The van der Waals surface area contributed by atoms with Crippen molar-refractivity contribution in [3.05, 3.63) is 218 Å². The lowest BCUT2D eigenvalue weighted by molar-refractivity contribution is 0.106. The Morgan fingerprint density at radius 2 is 1.08 bits per heavy atom. The van der Waals surface area contributed by atoms with E-state index in [2.05, 4.69) is 226 Å². The number of benzene rings is 7. The van der Waals surface area contributed by atoms with Gasteiger partial charge >= 0.3 is 0 Å². The summed E-state index contributed by atoms with van der Waals surface area (Å²) in [5.41, 5.74) is 15.0. The number of hydrogen-bond donors (Lipinski definition) is 0. The highest BCUT2D eigenvalue weighted by Crippen LogP contribution is 2.61. The van der Waals surface area contributed by atoms with Crippen LogP contribution in [0.25, 0.3) is 44.5 Å². The number of fused-ring (bicyclic) bond motifs is 10.